The maximum Gasteiger partial charge on any atom is 0.254 e. The second-order valence-electron chi connectivity index (χ2n) is 5.07. The highest BCUT2D eigenvalue weighted by atomic mass is 79.9. The number of likely N-dealkylation sites (N-methyl/N-ethyl adjacent to an activating group) is 1. The SMILES string of the molecule is CC1OCCC1N(C)C(=O)c1cc(Br)cc(S(N)(=O)=O)c1. The molecule has 0 saturated carbocycles. The minimum Gasteiger partial charge on any atom is -0.376 e. The van der Waals surface area contributed by atoms with E-state index < -0.39 is 10.0 Å². The van der Waals surface area contributed by atoms with Crippen LogP contribution in [-0.4, -0.2) is 45.0 Å². The van der Waals surface area contributed by atoms with Gasteiger partial charge in [0, 0.05) is 23.7 Å². The topological polar surface area (TPSA) is 89.7 Å². The minimum absolute atomic E-state index is 0.0191. The molecule has 1 aromatic rings. The van der Waals surface area contributed by atoms with Crippen molar-refractivity contribution in [2.75, 3.05) is 13.7 Å². The molecule has 1 amide bonds. The molecule has 6 nitrogen and oxygen atoms in total. The summed E-state index contributed by atoms with van der Waals surface area (Å²) >= 11 is 3.20. The molecule has 0 aliphatic carbocycles. The fourth-order valence-corrected chi connectivity index (χ4v) is 3.66. The molecule has 1 aliphatic rings. The average Bonchev–Trinajstić information content (AvgIpc) is 2.81. The number of carbonyl (C=O) groups is 1. The largest absolute Gasteiger partial charge is 0.376 e. The van der Waals surface area contributed by atoms with Crippen molar-refractivity contribution >= 4 is 31.9 Å². The maximum atomic E-state index is 12.5. The number of nitrogens with two attached hydrogens (primary N) is 1. The van der Waals surface area contributed by atoms with Crippen molar-refractivity contribution in [3.8, 4) is 0 Å². The summed E-state index contributed by atoms with van der Waals surface area (Å²) in [7, 11) is -2.17. The first-order valence-electron chi connectivity index (χ1n) is 6.42. The first-order valence-corrected chi connectivity index (χ1v) is 8.76. The van der Waals surface area contributed by atoms with Gasteiger partial charge in [-0.3, -0.25) is 4.79 Å². The Morgan fingerprint density at radius 2 is 2.10 bits per heavy atom. The third-order valence-corrected chi connectivity index (χ3v) is 4.95. The molecule has 0 aromatic heterocycles. The lowest BCUT2D eigenvalue weighted by Crippen LogP contribution is -2.41. The number of primary sulfonamides is 1. The van der Waals surface area contributed by atoms with Gasteiger partial charge in [0.05, 0.1) is 17.0 Å². The number of sulfonamides is 1. The number of carbonyl (C=O) groups excluding carboxylic acids is 1. The lowest BCUT2D eigenvalue weighted by Gasteiger charge is -2.27. The Hall–Kier alpha value is -0.960. The number of benzene rings is 1. The van der Waals surface area contributed by atoms with Gasteiger partial charge in [-0.25, -0.2) is 13.6 Å². The normalized spacial score (nSPS) is 22.3. The molecule has 21 heavy (non-hydrogen) atoms. The highest BCUT2D eigenvalue weighted by molar-refractivity contribution is 9.10. The summed E-state index contributed by atoms with van der Waals surface area (Å²) in [4.78, 5) is 14.0. The van der Waals surface area contributed by atoms with Crippen molar-refractivity contribution in [2.24, 2.45) is 5.14 Å². The van der Waals surface area contributed by atoms with E-state index in [1.165, 1.54) is 12.1 Å². The standard InChI is InChI=1S/C13H17BrN2O4S/c1-8-12(3-4-20-8)16(2)13(17)9-5-10(14)7-11(6-9)21(15,18)19/h5-8,12H,3-4H2,1-2H3,(H2,15,18,19). The van der Waals surface area contributed by atoms with Gasteiger partial charge in [-0.2, -0.15) is 0 Å². The van der Waals surface area contributed by atoms with Gasteiger partial charge in [0.25, 0.3) is 5.91 Å². The van der Waals surface area contributed by atoms with Gasteiger partial charge < -0.3 is 9.64 Å². The van der Waals surface area contributed by atoms with Gasteiger partial charge in [-0.05, 0) is 31.5 Å². The van der Waals surface area contributed by atoms with Gasteiger partial charge >= 0.3 is 0 Å². The summed E-state index contributed by atoms with van der Waals surface area (Å²) in [5.41, 5.74) is 0.273. The van der Waals surface area contributed by atoms with Gasteiger partial charge in [-0.15, -0.1) is 0 Å². The lowest BCUT2D eigenvalue weighted by atomic mass is 10.1. The van der Waals surface area contributed by atoms with Crippen LogP contribution in [0.1, 0.15) is 23.7 Å². The van der Waals surface area contributed by atoms with Gasteiger partial charge in [0.2, 0.25) is 10.0 Å². The smallest absolute Gasteiger partial charge is 0.254 e. The second-order valence-corrected chi connectivity index (χ2v) is 7.55. The summed E-state index contributed by atoms with van der Waals surface area (Å²) in [6, 6.07) is 4.22. The van der Waals surface area contributed by atoms with Crippen LogP contribution in [0.4, 0.5) is 0 Å². The number of rotatable bonds is 3. The first kappa shape index (κ1) is 16.4. The fraction of sp³-hybridized carbons (Fsp3) is 0.462. The van der Waals surface area contributed by atoms with Crippen molar-refractivity contribution in [1.82, 2.24) is 4.90 Å². The van der Waals surface area contributed by atoms with Crippen LogP contribution in [-0.2, 0) is 14.8 Å². The van der Waals surface area contributed by atoms with E-state index in [1.54, 1.807) is 18.0 Å². The molecular formula is C13H17BrN2O4S. The van der Waals surface area contributed by atoms with Crippen LogP contribution in [0, 0.1) is 0 Å². The molecule has 2 unspecified atom stereocenters. The molecule has 1 aromatic carbocycles. The molecule has 2 N–H and O–H groups in total. The summed E-state index contributed by atoms with van der Waals surface area (Å²) in [6.07, 6.45) is 0.725. The van der Waals surface area contributed by atoms with E-state index >= 15 is 0 Å². The zero-order valence-corrected chi connectivity index (χ0v) is 14.1. The van der Waals surface area contributed by atoms with Crippen molar-refractivity contribution < 1.29 is 17.9 Å². The van der Waals surface area contributed by atoms with Crippen LogP contribution >= 0.6 is 15.9 Å². The van der Waals surface area contributed by atoms with E-state index in [9.17, 15) is 13.2 Å². The fourth-order valence-electron chi connectivity index (χ4n) is 2.43. The molecule has 2 atom stereocenters. The monoisotopic (exact) mass is 376 g/mol. The van der Waals surface area contributed by atoms with Crippen molar-refractivity contribution in [3.63, 3.8) is 0 Å². The molecule has 0 bridgehead atoms. The van der Waals surface area contributed by atoms with E-state index in [0.29, 0.717) is 11.1 Å². The van der Waals surface area contributed by atoms with Crippen LogP contribution in [0.2, 0.25) is 0 Å². The van der Waals surface area contributed by atoms with E-state index in [-0.39, 0.29) is 28.5 Å². The predicted octanol–water partition coefficient (Wildman–Crippen LogP) is 1.35. The lowest BCUT2D eigenvalue weighted by molar-refractivity contribution is 0.0574. The highest BCUT2D eigenvalue weighted by Crippen LogP contribution is 2.23. The number of hydrogen-bond acceptors (Lipinski definition) is 4. The Kier molecular flexibility index (Phi) is 4.72. The van der Waals surface area contributed by atoms with Gasteiger partial charge in [0.15, 0.2) is 0 Å². The van der Waals surface area contributed by atoms with E-state index in [0.717, 1.165) is 6.42 Å². The van der Waals surface area contributed by atoms with Crippen molar-refractivity contribution in [1.29, 1.82) is 0 Å². The summed E-state index contributed by atoms with van der Waals surface area (Å²) in [6.45, 7) is 2.53. The third-order valence-electron chi connectivity index (χ3n) is 3.60. The molecule has 2 rings (SSSR count). The van der Waals surface area contributed by atoms with Crippen LogP contribution in [0.5, 0.6) is 0 Å². The zero-order chi connectivity index (χ0) is 15.8. The predicted molar refractivity (Wildman–Crippen MR) is 81.4 cm³/mol. The molecule has 1 fully saturated rings. The highest BCUT2D eigenvalue weighted by Gasteiger charge is 2.31. The Balaban J connectivity index is 2.33. The average molecular weight is 377 g/mol. The number of hydrogen-bond donors (Lipinski definition) is 1. The Morgan fingerprint density at radius 1 is 1.43 bits per heavy atom. The van der Waals surface area contributed by atoms with Crippen LogP contribution < -0.4 is 5.14 Å². The molecular weight excluding hydrogens is 360 g/mol. The van der Waals surface area contributed by atoms with E-state index in [2.05, 4.69) is 15.9 Å². The molecule has 0 radical (unpaired) electrons. The number of ether oxygens (including phenoxy) is 1. The summed E-state index contributed by atoms with van der Waals surface area (Å²) in [5.74, 6) is -0.261. The van der Waals surface area contributed by atoms with Gasteiger partial charge in [-0.1, -0.05) is 15.9 Å². The summed E-state index contributed by atoms with van der Waals surface area (Å²) < 4.78 is 28.8. The number of halogens is 1. The Labute approximate surface area is 132 Å². The second kappa shape index (κ2) is 6.04. The number of nitrogens with zero attached hydrogens (tertiary/aromatic N) is 1. The van der Waals surface area contributed by atoms with E-state index in [1.807, 2.05) is 6.92 Å². The molecule has 1 saturated heterocycles. The van der Waals surface area contributed by atoms with Crippen molar-refractivity contribution in [2.45, 2.75) is 30.4 Å². The van der Waals surface area contributed by atoms with Crippen LogP contribution in [0.25, 0.3) is 0 Å². The van der Waals surface area contributed by atoms with Gasteiger partial charge in [0.1, 0.15) is 0 Å². The van der Waals surface area contributed by atoms with Crippen molar-refractivity contribution in [3.05, 3.63) is 28.2 Å². The first-order chi connectivity index (χ1) is 9.70. The molecule has 1 aliphatic heterocycles. The molecule has 1 heterocycles. The summed E-state index contributed by atoms with van der Waals surface area (Å²) in [5, 5.41) is 5.12. The molecule has 8 heteroatoms. The Bertz CT molecular complexity index is 662. The molecule has 116 valence electrons. The van der Waals surface area contributed by atoms with Crippen LogP contribution in [0.15, 0.2) is 27.6 Å². The van der Waals surface area contributed by atoms with E-state index in [4.69, 9.17) is 9.88 Å². The molecule has 0 spiro atoms. The zero-order valence-electron chi connectivity index (χ0n) is 11.7. The third kappa shape index (κ3) is 3.63. The minimum atomic E-state index is -3.86. The Morgan fingerprint density at radius 3 is 2.62 bits per heavy atom. The number of amides is 1. The van der Waals surface area contributed by atoms with Crippen LogP contribution in [0.3, 0.4) is 0 Å². The quantitative estimate of drug-likeness (QED) is 0.861. The maximum absolute atomic E-state index is 12.5.